The Morgan fingerprint density at radius 2 is 2.17 bits per heavy atom. The molecule has 1 aromatic heterocycles. The molecule has 0 aliphatic carbocycles. The van der Waals surface area contributed by atoms with E-state index in [1.54, 1.807) is 0 Å². The van der Waals surface area contributed by atoms with E-state index in [1.807, 2.05) is 11.3 Å². The van der Waals surface area contributed by atoms with Crippen molar-refractivity contribution in [1.82, 2.24) is 10.2 Å². The number of nitrogens with zero attached hydrogens (tertiary/aromatic N) is 1. The largest absolute Gasteiger partial charge is 0.314 e. The topological polar surface area (TPSA) is 15.3 Å². The lowest BCUT2D eigenvalue weighted by Gasteiger charge is -2.34. The fourth-order valence-corrected chi connectivity index (χ4v) is 3.58. The molecule has 1 aliphatic rings. The van der Waals surface area contributed by atoms with Crippen molar-refractivity contribution in [3.05, 3.63) is 34.0 Å². The molecule has 1 N–H and O–H groups in total. The predicted molar refractivity (Wildman–Crippen MR) is 80.3 cm³/mol. The maximum absolute atomic E-state index is 4.10. The van der Waals surface area contributed by atoms with Crippen LogP contribution in [0.3, 0.4) is 0 Å². The van der Waals surface area contributed by atoms with Crippen molar-refractivity contribution in [3.63, 3.8) is 0 Å². The van der Waals surface area contributed by atoms with Gasteiger partial charge in [0.05, 0.1) is 0 Å². The van der Waals surface area contributed by atoms with Crippen molar-refractivity contribution in [2.75, 3.05) is 26.2 Å². The van der Waals surface area contributed by atoms with Crippen LogP contribution in [-0.4, -0.2) is 31.1 Å². The van der Waals surface area contributed by atoms with Crippen LogP contribution in [0.2, 0.25) is 0 Å². The summed E-state index contributed by atoms with van der Waals surface area (Å²) in [6.07, 6.45) is 2.23. The summed E-state index contributed by atoms with van der Waals surface area (Å²) >= 11 is 1.97. The highest BCUT2D eigenvalue weighted by Crippen LogP contribution is 2.32. The van der Waals surface area contributed by atoms with Gasteiger partial charge in [-0.2, -0.15) is 0 Å². The Balaban J connectivity index is 2.15. The SMILES string of the molecule is C=C(C)C[C@@H](c1ccc(CC)s1)N1CCNCC1. The van der Waals surface area contributed by atoms with E-state index in [1.165, 1.54) is 15.3 Å². The smallest absolute Gasteiger partial charge is 0.0479 e. The molecule has 1 atom stereocenters. The second-order valence-corrected chi connectivity index (χ2v) is 6.32. The van der Waals surface area contributed by atoms with Crippen molar-refractivity contribution in [2.45, 2.75) is 32.7 Å². The summed E-state index contributed by atoms with van der Waals surface area (Å²) in [6.45, 7) is 13.0. The number of hydrogen-bond acceptors (Lipinski definition) is 3. The zero-order valence-corrected chi connectivity index (χ0v) is 12.4. The Kier molecular flexibility index (Phi) is 4.98. The van der Waals surface area contributed by atoms with Crippen LogP contribution in [-0.2, 0) is 6.42 Å². The maximum atomic E-state index is 4.10. The van der Waals surface area contributed by atoms with Crippen LogP contribution in [0.25, 0.3) is 0 Å². The van der Waals surface area contributed by atoms with Crippen LogP contribution in [0.15, 0.2) is 24.3 Å². The number of rotatable bonds is 5. The molecule has 18 heavy (non-hydrogen) atoms. The lowest BCUT2D eigenvalue weighted by atomic mass is 10.0. The van der Waals surface area contributed by atoms with Crippen LogP contribution in [0.5, 0.6) is 0 Å². The van der Waals surface area contributed by atoms with Crippen molar-refractivity contribution >= 4 is 11.3 Å². The average Bonchev–Trinajstić information content (AvgIpc) is 2.85. The normalized spacial score (nSPS) is 18.8. The van der Waals surface area contributed by atoms with Crippen LogP contribution in [0.4, 0.5) is 0 Å². The number of thiophene rings is 1. The number of aryl methyl sites for hydroxylation is 1. The third kappa shape index (κ3) is 3.44. The highest BCUT2D eigenvalue weighted by atomic mass is 32.1. The van der Waals surface area contributed by atoms with Crippen LogP contribution in [0, 0.1) is 0 Å². The minimum absolute atomic E-state index is 0.537. The van der Waals surface area contributed by atoms with Crippen molar-refractivity contribution in [1.29, 1.82) is 0 Å². The molecule has 3 heteroatoms. The van der Waals surface area contributed by atoms with Crippen molar-refractivity contribution in [3.8, 4) is 0 Å². The number of nitrogens with one attached hydrogen (secondary N) is 1. The summed E-state index contributed by atoms with van der Waals surface area (Å²) in [6, 6.07) is 5.14. The molecule has 1 aliphatic heterocycles. The minimum atomic E-state index is 0.537. The van der Waals surface area contributed by atoms with Crippen LogP contribution < -0.4 is 5.32 Å². The number of piperazine rings is 1. The summed E-state index contributed by atoms with van der Waals surface area (Å²) in [5.41, 5.74) is 1.28. The van der Waals surface area contributed by atoms with Gasteiger partial charge in [0, 0.05) is 42.0 Å². The van der Waals surface area contributed by atoms with E-state index < -0.39 is 0 Å². The van der Waals surface area contributed by atoms with Gasteiger partial charge in [0.1, 0.15) is 0 Å². The summed E-state index contributed by atoms with van der Waals surface area (Å²) < 4.78 is 0. The van der Waals surface area contributed by atoms with Crippen molar-refractivity contribution in [2.24, 2.45) is 0 Å². The Morgan fingerprint density at radius 3 is 2.72 bits per heavy atom. The molecule has 0 aromatic carbocycles. The molecule has 1 saturated heterocycles. The first-order valence-corrected chi connectivity index (χ1v) is 7.70. The molecular formula is C15H24N2S. The van der Waals surface area contributed by atoms with Gasteiger partial charge in [-0.25, -0.2) is 0 Å². The molecule has 0 spiro atoms. The second kappa shape index (κ2) is 6.50. The van der Waals surface area contributed by atoms with E-state index in [0.29, 0.717) is 6.04 Å². The van der Waals surface area contributed by atoms with Gasteiger partial charge < -0.3 is 5.32 Å². The molecule has 0 saturated carbocycles. The van der Waals surface area contributed by atoms with Gasteiger partial charge in [-0.3, -0.25) is 4.90 Å². The predicted octanol–water partition coefficient (Wildman–Crippen LogP) is 3.22. The fraction of sp³-hybridized carbons (Fsp3) is 0.600. The Hall–Kier alpha value is -0.640. The zero-order chi connectivity index (χ0) is 13.0. The summed E-state index contributed by atoms with van der Waals surface area (Å²) in [4.78, 5) is 5.61. The molecular weight excluding hydrogens is 240 g/mol. The third-order valence-electron chi connectivity index (χ3n) is 3.49. The molecule has 100 valence electrons. The van der Waals surface area contributed by atoms with Crippen LogP contribution in [0.1, 0.15) is 36.1 Å². The van der Waals surface area contributed by atoms with Gasteiger partial charge >= 0.3 is 0 Å². The standard InChI is InChI=1S/C15H24N2S/c1-4-13-5-6-15(18-13)14(11-12(2)3)17-9-7-16-8-10-17/h5-6,14,16H,2,4,7-11H2,1,3H3/t14-/m0/s1. The van der Waals surface area contributed by atoms with Gasteiger partial charge in [0.2, 0.25) is 0 Å². The zero-order valence-electron chi connectivity index (χ0n) is 11.5. The molecule has 2 nitrogen and oxygen atoms in total. The Labute approximate surface area is 115 Å². The first kappa shape index (κ1) is 13.8. The second-order valence-electron chi connectivity index (χ2n) is 5.12. The fourth-order valence-electron chi connectivity index (χ4n) is 2.50. The molecule has 1 fully saturated rings. The highest BCUT2D eigenvalue weighted by molar-refractivity contribution is 7.12. The van der Waals surface area contributed by atoms with Gasteiger partial charge in [-0.15, -0.1) is 17.9 Å². The lowest BCUT2D eigenvalue weighted by Crippen LogP contribution is -2.45. The van der Waals surface area contributed by atoms with E-state index in [2.05, 4.69) is 42.8 Å². The summed E-state index contributed by atoms with van der Waals surface area (Å²) in [7, 11) is 0. The van der Waals surface area contributed by atoms with E-state index in [-0.39, 0.29) is 0 Å². The quantitative estimate of drug-likeness (QED) is 0.822. The van der Waals surface area contributed by atoms with E-state index in [9.17, 15) is 0 Å². The third-order valence-corrected chi connectivity index (χ3v) is 4.82. The average molecular weight is 264 g/mol. The molecule has 2 heterocycles. The highest BCUT2D eigenvalue weighted by Gasteiger charge is 2.23. The van der Waals surface area contributed by atoms with Gasteiger partial charge in [-0.05, 0) is 31.9 Å². The Bertz CT molecular complexity index is 391. The van der Waals surface area contributed by atoms with Gasteiger partial charge in [0.25, 0.3) is 0 Å². The first-order chi connectivity index (χ1) is 8.70. The molecule has 0 unspecified atom stereocenters. The van der Waals surface area contributed by atoms with E-state index in [0.717, 1.165) is 39.0 Å². The van der Waals surface area contributed by atoms with E-state index in [4.69, 9.17) is 0 Å². The molecule has 0 bridgehead atoms. The van der Waals surface area contributed by atoms with Crippen molar-refractivity contribution < 1.29 is 0 Å². The monoisotopic (exact) mass is 264 g/mol. The maximum Gasteiger partial charge on any atom is 0.0479 e. The molecule has 1 aromatic rings. The summed E-state index contributed by atoms with van der Waals surface area (Å²) in [5.74, 6) is 0. The van der Waals surface area contributed by atoms with Gasteiger partial charge in [0.15, 0.2) is 0 Å². The molecule has 2 rings (SSSR count). The first-order valence-electron chi connectivity index (χ1n) is 6.88. The summed E-state index contributed by atoms with van der Waals surface area (Å²) in [5, 5.41) is 3.43. The van der Waals surface area contributed by atoms with E-state index >= 15 is 0 Å². The molecule has 0 radical (unpaired) electrons. The van der Waals surface area contributed by atoms with Crippen LogP contribution >= 0.6 is 11.3 Å². The number of hydrogen-bond donors (Lipinski definition) is 1. The lowest BCUT2D eigenvalue weighted by molar-refractivity contribution is 0.175. The molecule has 0 amide bonds. The minimum Gasteiger partial charge on any atom is -0.314 e. The van der Waals surface area contributed by atoms with Gasteiger partial charge in [-0.1, -0.05) is 12.5 Å². The Morgan fingerprint density at radius 1 is 1.44 bits per heavy atom.